The number of nitrogens with one attached hydrogen (secondary N) is 2. The zero-order chi connectivity index (χ0) is 13.3. The Morgan fingerprint density at radius 2 is 1.84 bits per heavy atom. The van der Waals surface area contributed by atoms with Gasteiger partial charge in [-0.05, 0) is 51.6 Å². The van der Waals surface area contributed by atoms with E-state index in [4.69, 9.17) is 0 Å². The van der Waals surface area contributed by atoms with Crippen molar-refractivity contribution in [1.29, 1.82) is 0 Å². The molecule has 0 spiro atoms. The molecular weight excluding hydrogens is 236 g/mol. The number of guanidine groups is 1. The Bertz CT molecular complexity index is 265. The summed E-state index contributed by atoms with van der Waals surface area (Å²) in [6.45, 7) is 8.78. The van der Waals surface area contributed by atoms with Crippen LogP contribution in [0, 0.1) is 5.92 Å². The standard InChI is InChI=1S/C15H30N4/c1-2-16-15(18-13-14-7-8-14)17-9-12-19-10-5-3-4-6-11-19/h14H,2-13H2,1H3,(H2,16,17,18). The predicted molar refractivity (Wildman–Crippen MR) is 81.6 cm³/mol. The lowest BCUT2D eigenvalue weighted by Crippen LogP contribution is -2.42. The summed E-state index contributed by atoms with van der Waals surface area (Å²) in [5.74, 6) is 1.87. The lowest BCUT2D eigenvalue weighted by atomic mass is 10.2. The van der Waals surface area contributed by atoms with Gasteiger partial charge in [-0.3, -0.25) is 4.99 Å². The molecule has 2 rings (SSSR count). The third-order valence-corrected chi connectivity index (χ3v) is 3.97. The van der Waals surface area contributed by atoms with Gasteiger partial charge >= 0.3 is 0 Å². The molecule has 1 saturated carbocycles. The molecule has 2 fully saturated rings. The van der Waals surface area contributed by atoms with Crippen molar-refractivity contribution in [3.8, 4) is 0 Å². The monoisotopic (exact) mass is 266 g/mol. The minimum atomic E-state index is 0.862. The van der Waals surface area contributed by atoms with Crippen LogP contribution in [0.1, 0.15) is 45.4 Å². The molecule has 0 bridgehead atoms. The van der Waals surface area contributed by atoms with Crippen LogP contribution >= 0.6 is 0 Å². The van der Waals surface area contributed by atoms with Gasteiger partial charge in [-0.15, -0.1) is 0 Å². The SMILES string of the molecule is CCNC(=NCC1CC1)NCCN1CCCCCC1. The molecule has 0 radical (unpaired) electrons. The van der Waals surface area contributed by atoms with Crippen LogP contribution < -0.4 is 10.6 Å². The van der Waals surface area contributed by atoms with Gasteiger partial charge in [-0.2, -0.15) is 0 Å². The molecule has 1 saturated heterocycles. The fourth-order valence-corrected chi connectivity index (χ4v) is 2.55. The van der Waals surface area contributed by atoms with E-state index in [1.807, 2.05) is 0 Å². The summed E-state index contributed by atoms with van der Waals surface area (Å²) in [5, 5.41) is 6.80. The van der Waals surface area contributed by atoms with Gasteiger partial charge in [-0.1, -0.05) is 12.8 Å². The highest BCUT2D eigenvalue weighted by atomic mass is 15.2. The Kier molecular flexibility index (Phi) is 6.48. The molecule has 1 heterocycles. The summed E-state index contributed by atoms with van der Waals surface area (Å²) in [6, 6.07) is 0. The predicted octanol–water partition coefficient (Wildman–Crippen LogP) is 1.83. The lowest BCUT2D eigenvalue weighted by molar-refractivity contribution is 0.289. The van der Waals surface area contributed by atoms with Gasteiger partial charge in [-0.25, -0.2) is 0 Å². The third kappa shape index (κ3) is 6.28. The molecule has 0 aromatic heterocycles. The van der Waals surface area contributed by atoms with Crippen LogP contribution in [0.5, 0.6) is 0 Å². The first-order valence-electron chi connectivity index (χ1n) is 8.13. The zero-order valence-electron chi connectivity index (χ0n) is 12.5. The van der Waals surface area contributed by atoms with Gasteiger partial charge in [0, 0.05) is 26.2 Å². The van der Waals surface area contributed by atoms with Crippen molar-refractivity contribution < 1.29 is 0 Å². The molecule has 0 atom stereocenters. The molecule has 1 aliphatic heterocycles. The zero-order valence-corrected chi connectivity index (χ0v) is 12.5. The molecule has 2 N–H and O–H groups in total. The summed E-state index contributed by atoms with van der Waals surface area (Å²) < 4.78 is 0. The summed E-state index contributed by atoms with van der Waals surface area (Å²) >= 11 is 0. The maximum atomic E-state index is 4.65. The molecule has 1 aliphatic carbocycles. The van der Waals surface area contributed by atoms with Gasteiger partial charge in [0.1, 0.15) is 0 Å². The smallest absolute Gasteiger partial charge is 0.191 e. The van der Waals surface area contributed by atoms with Gasteiger partial charge < -0.3 is 15.5 Å². The van der Waals surface area contributed by atoms with E-state index in [0.717, 1.165) is 38.1 Å². The first kappa shape index (κ1) is 14.6. The van der Waals surface area contributed by atoms with Crippen LogP contribution in [0.2, 0.25) is 0 Å². The maximum absolute atomic E-state index is 4.65. The molecule has 4 nitrogen and oxygen atoms in total. The maximum Gasteiger partial charge on any atom is 0.191 e. The first-order chi connectivity index (χ1) is 9.38. The second-order valence-electron chi connectivity index (χ2n) is 5.85. The quantitative estimate of drug-likeness (QED) is 0.569. The van der Waals surface area contributed by atoms with E-state index in [2.05, 4.69) is 27.4 Å². The average Bonchev–Trinajstić information content (AvgIpc) is 3.23. The van der Waals surface area contributed by atoms with Crippen LogP contribution in [0.15, 0.2) is 4.99 Å². The minimum absolute atomic E-state index is 0.862. The van der Waals surface area contributed by atoms with Crippen molar-refractivity contribution >= 4 is 5.96 Å². The van der Waals surface area contributed by atoms with Gasteiger partial charge in [0.05, 0.1) is 0 Å². The van der Waals surface area contributed by atoms with Crippen molar-refractivity contribution in [2.45, 2.75) is 45.4 Å². The normalized spacial score (nSPS) is 22.1. The van der Waals surface area contributed by atoms with Crippen LogP contribution in [-0.4, -0.2) is 50.1 Å². The topological polar surface area (TPSA) is 39.7 Å². The van der Waals surface area contributed by atoms with Crippen molar-refractivity contribution in [1.82, 2.24) is 15.5 Å². The fourth-order valence-electron chi connectivity index (χ4n) is 2.55. The number of hydrogen-bond donors (Lipinski definition) is 2. The largest absolute Gasteiger partial charge is 0.357 e. The van der Waals surface area contributed by atoms with E-state index in [9.17, 15) is 0 Å². The van der Waals surface area contributed by atoms with Crippen molar-refractivity contribution in [3.63, 3.8) is 0 Å². The number of likely N-dealkylation sites (tertiary alicyclic amines) is 1. The molecule has 4 heteroatoms. The number of rotatable bonds is 6. The Hall–Kier alpha value is -0.770. The Balaban J connectivity index is 1.63. The Labute approximate surface area is 118 Å². The molecule has 0 unspecified atom stereocenters. The summed E-state index contributed by atoms with van der Waals surface area (Å²) in [6.07, 6.45) is 8.31. The van der Waals surface area contributed by atoms with E-state index >= 15 is 0 Å². The molecule has 0 aromatic rings. The molecule has 0 aromatic carbocycles. The van der Waals surface area contributed by atoms with Crippen LogP contribution in [-0.2, 0) is 0 Å². The van der Waals surface area contributed by atoms with E-state index < -0.39 is 0 Å². The number of aliphatic imine (C=N–C) groups is 1. The van der Waals surface area contributed by atoms with Crippen molar-refractivity contribution in [3.05, 3.63) is 0 Å². The third-order valence-electron chi connectivity index (χ3n) is 3.97. The van der Waals surface area contributed by atoms with Gasteiger partial charge in [0.2, 0.25) is 0 Å². The van der Waals surface area contributed by atoms with Crippen molar-refractivity contribution in [2.75, 3.05) is 39.3 Å². The fraction of sp³-hybridized carbons (Fsp3) is 0.933. The highest BCUT2D eigenvalue weighted by Gasteiger charge is 2.20. The van der Waals surface area contributed by atoms with E-state index in [1.54, 1.807) is 0 Å². The van der Waals surface area contributed by atoms with Crippen LogP contribution in [0.3, 0.4) is 0 Å². The van der Waals surface area contributed by atoms with Crippen molar-refractivity contribution in [2.24, 2.45) is 10.9 Å². The molecule has 19 heavy (non-hydrogen) atoms. The Morgan fingerprint density at radius 1 is 1.11 bits per heavy atom. The molecule has 2 aliphatic rings. The van der Waals surface area contributed by atoms with Gasteiger partial charge in [0.15, 0.2) is 5.96 Å². The lowest BCUT2D eigenvalue weighted by Gasteiger charge is -2.20. The highest BCUT2D eigenvalue weighted by Crippen LogP contribution is 2.28. The Morgan fingerprint density at radius 3 is 2.47 bits per heavy atom. The second-order valence-corrected chi connectivity index (χ2v) is 5.85. The molecular formula is C15H30N4. The highest BCUT2D eigenvalue weighted by molar-refractivity contribution is 5.79. The minimum Gasteiger partial charge on any atom is -0.357 e. The average molecular weight is 266 g/mol. The number of hydrogen-bond acceptors (Lipinski definition) is 2. The van der Waals surface area contributed by atoms with Gasteiger partial charge in [0.25, 0.3) is 0 Å². The first-order valence-corrected chi connectivity index (χ1v) is 8.13. The number of nitrogens with zero attached hydrogens (tertiary/aromatic N) is 2. The van der Waals surface area contributed by atoms with E-state index in [1.165, 1.54) is 51.6 Å². The van der Waals surface area contributed by atoms with Crippen LogP contribution in [0.25, 0.3) is 0 Å². The van der Waals surface area contributed by atoms with E-state index in [0.29, 0.717) is 0 Å². The summed E-state index contributed by atoms with van der Waals surface area (Å²) in [4.78, 5) is 7.24. The molecule has 110 valence electrons. The summed E-state index contributed by atoms with van der Waals surface area (Å²) in [5.41, 5.74) is 0. The summed E-state index contributed by atoms with van der Waals surface area (Å²) in [7, 11) is 0. The molecule has 0 amide bonds. The second kappa shape index (κ2) is 8.41. The van der Waals surface area contributed by atoms with Crippen LogP contribution in [0.4, 0.5) is 0 Å². The van der Waals surface area contributed by atoms with E-state index in [-0.39, 0.29) is 0 Å².